The topological polar surface area (TPSA) is 28.4 Å². The average Bonchev–Trinajstić information content (AvgIpc) is 3.09. The lowest BCUT2D eigenvalue weighted by Gasteiger charge is -2.24. The first-order valence-corrected chi connectivity index (χ1v) is 6.49. The van der Waals surface area contributed by atoms with Gasteiger partial charge in [-0.1, -0.05) is 31.2 Å². The van der Waals surface area contributed by atoms with E-state index in [9.17, 15) is 0 Å². The molecule has 3 heteroatoms. The summed E-state index contributed by atoms with van der Waals surface area (Å²) in [5.74, 6) is 0. The molecule has 1 aliphatic heterocycles. The third-order valence-electron chi connectivity index (χ3n) is 3.60. The molecule has 2 heterocycles. The Morgan fingerprint density at radius 1 is 1.33 bits per heavy atom. The Balaban J connectivity index is 2.02. The lowest BCUT2D eigenvalue weighted by molar-refractivity contribution is 0.259. The van der Waals surface area contributed by atoms with Crippen LogP contribution in [-0.4, -0.2) is 24.5 Å². The summed E-state index contributed by atoms with van der Waals surface area (Å²) in [6, 6.07) is 10.6. The molecular formula is C15H18N2O. The van der Waals surface area contributed by atoms with Crippen LogP contribution in [0.2, 0.25) is 0 Å². The van der Waals surface area contributed by atoms with Gasteiger partial charge in [0.05, 0.1) is 18.7 Å². The molecule has 18 heavy (non-hydrogen) atoms. The smallest absolute Gasteiger partial charge is 0.0981 e. The van der Waals surface area contributed by atoms with Crippen LogP contribution in [0.25, 0.3) is 11.1 Å². The minimum Gasteiger partial charge on any atom is -0.472 e. The second-order valence-corrected chi connectivity index (χ2v) is 4.58. The van der Waals surface area contributed by atoms with Crippen molar-refractivity contribution in [2.24, 2.45) is 0 Å². The number of nitrogens with zero attached hydrogens (tertiary/aromatic N) is 1. The number of benzene rings is 1. The Labute approximate surface area is 107 Å². The fourth-order valence-electron chi connectivity index (χ4n) is 2.67. The molecule has 1 fully saturated rings. The van der Waals surface area contributed by atoms with E-state index in [4.69, 9.17) is 4.42 Å². The standard InChI is InChI=1S/C15H18N2O/c1-2-17-9-8-16-15(17)14-6-4-3-5-13(14)12-7-10-18-11-12/h3-7,10-11,15-16H,2,8-9H2,1H3. The van der Waals surface area contributed by atoms with Gasteiger partial charge in [0, 0.05) is 18.7 Å². The van der Waals surface area contributed by atoms with Crippen molar-refractivity contribution in [3.8, 4) is 11.1 Å². The molecule has 1 aromatic carbocycles. The Morgan fingerprint density at radius 2 is 2.22 bits per heavy atom. The van der Waals surface area contributed by atoms with E-state index in [1.54, 1.807) is 6.26 Å². The first-order chi connectivity index (χ1) is 8.90. The predicted molar refractivity (Wildman–Crippen MR) is 72.1 cm³/mol. The maximum absolute atomic E-state index is 5.21. The Bertz CT molecular complexity index is 507. The first kappa shape index (κ1) is 11.5. The minimum atomic E-state index is 0.320. The van der Waals surface area contributed by atoms with Crippen LogP contribution >= 0.6 is 0 Å². The number of likely N-dealkylation sites (N-methyl/N-ethyl adjacent to an activating group) is 1. The van der Waals surface area contributed by atoms with Gasteiger partial charge in [-0.2, -0.15) is 0 Å². The van der Waals surface area contributed by atoms with E-state index in [2.05, 4.69) is 41.4 Å². The van der Waals surface area contributed by atoms with Crippen molar-refractivity contribution in [1.29, 1.82) is 0 Å². The second-order valence-electron chi connectivity index (χ2n) is 4.58. The van der Waals surface area contributed by atoms with Gasteiger partial charge in [0.2, 0.25) is 0 Å². The summed E-state index contributed by atoms with van der Waals surface area (Å²) in [7, 11) is 0. The molecule has 1 aromatic heterocycles. The molecule has 1 saturated heterocycles. The lowest BCUT2D eigenvalue weighted by atomic mass is 10.00. The SMILES string of the molecule is CCN1CCNC1c1ccccc1-c1ccoc1. The van der Waals surface area contributed by atoms with Gasteiger partial charge in [-0.15, -0.1) is 0 Å². The lowest BCUT2D eigenvalue weighted by Crippen LogP contribution is -2.27. The third kappa shape index (κ3) is 1.96. The van der Waals surface area contributed by atoms with Gasteiger partial charge in [-0.05, 0) is 23.7 Å². The van der Waals surface area contributed by atoms with E-state index in [-0.39, 0.29) is 0 Å². The molecule has 1 unspecified atom stereocenters. The van der Waals surface area contributed by atoms with Gasteiger partial charge in [0.1, 0.15) is 0 Å². The maximum Gasteiger partial charge on any atom is 0.0981 e. The number of hydrogen-bond donors (Lipinski definition) is 1. The van der Waals surface area contributed by atoms with Crippen LogP contribution < -0.4 is 5.32 Å². The zero-order chi connectivity index (χ0) is 12.4. The monoisotopic (exact) mass is 242 g/mol. The zero-order valence-corrected chi connectivity index (χ0v) is 10.6. The zero-order valence-electron chi connectivity index (χ0n) is 10.6. The molecule has 0 bridgehead atoms. The maximum atomic E-state index is 5.21. The molecule has 94 valence electrons. The highest BCUT2D eigenvalue weighted by molar-refractivity contribution is 5.66. The van der Waals surface area contributed by atoms with Crippen molar-refractivity contribution in [2.45, 2.75) is 13.1 Å². The van der Waals surface area contributed by atoms with E-state index in [1.807, 2.05) is 12.3 Å². The number of furan rings is 1. The molecule has 0 aliphatic carbocycles. The molecule has 3 nitrogen and oxygen atoms in total. The molecule has 0 amide bonds. The highest BCUT2D eigenvalue weighted by atomic mass is 16.3. The summed E-state index contributed by atoms with van der Waals surface area (Å²) < 4.78 is 5.21. The second kappa shape index (κ2) is 4.96. The molecule has 0 spiro atoms. The van der Waals surface area contributed by atoms with Crippen molar-refractivity contribution in [1.82, 2.24) is 10.2 Å². The van der Waals surface area contributed by atoms with Crippen molar-refractivity contribution >= 4 is 0 Å². The van der Waals surface area contributed by atoms with Crippen LogP contribution in [0.5, 0.6) is 0 Å². The van der Waals surface area contributed by atoms with Crippen LogP contribution in [0.4, 0.5) is 0 Å². The van der Waals surface area contributed by atoms with Crippen molar-refractivity contribution < 1.29 is 4.42 Å². The molecule has 2 aromatic rings. The van der Waals surface area contributed by atoms with Crippen molar-refractivity contribution in [3.63, 3.8) is 0 Å². The Kier molecular flexibility index (Phi) is 3.17. The van der Waals surface area contributed by atoms with Crippen LogP contribution in [0.15, 0.2) is 47.3 Å². The quantitative estimate of drug-likeness (QED) is 0.897. The number of rotatable bonds is 3. The largest absolute Gasteiger partial charge is 0.472 e. The van der Waals surface area contributed by atoms with Gasteiger partial charge < -0.3 is 4.42 Å². The van der Waals surface area contributed by atoms with Crippen molar-refractivity contribution in [2.75, 3.05) is 19.6 Å². The highest BCUT2D eigenvalue weighted by Gasteiger charge is 2.26. The highest BCUT2D eigenvalue weighted by Crippen LogP contribution is 2.31. The minimum absolute atomic E-state index is 0.320. The predicted octanol–water partition coefficient (Wildman–Crippen LogP) is 2.87. The fraction of sp³-hybridized carbons (Fsp3) is 0.333. The molecule has 0 saturated carbocycles. The van der Waals surface area contributed by atoms with E-state index in [0.717, 1.165) is 25.2 Å². The fourth-order valence-corrected chi connectivity index (χ4v) is 2.67. The molecule has 1 atom stereocenters. The summed E-state index contributed by atoms with van der Waals surface area (Å²) in [4.78, 5) is 2.46. The summed E-state index contributed by atoms with van der Waals surface area (Å²) in [5.41, 5.74) is 3.73. The van der Waals surface area contributed by atoms with Gasteiger partial charge in [-0.3, -0.25) is 10.2 Å². The van der Waals surface area contributed by atoms with Gasteiger partial charge in [-0.25, -0.2) is 0 Å². The molecule has 0 radical (unpaired) electrons. The summed E-state index contributed by atoms with van der Waals surface area (Å²) in [6.45, 7) is 5.44. The average molecular weight is 242 g/mol. The van der Waals surface area contributed by atoms with E-state index < -0.39 is 0 Å². The summed E-state index contributed by atoms with van der Waals surface area (Å²) in [6.07, 6.45) is 3.86. The van der Waals surface area contributed by atoms with Crippen LogP contribution in [0.1, 0.15) is 18.7 Å². The Morgan fingerprint density at radius 3 is 3.00 bits per heavy atom. The Hall–Kier alpha value is -1.58. The number of hydrogen-bond acceptors (Lipinski definition) is 3. The third-order valence-corrected chi connectivity index (χ3v) is 3.60. The normalized spacial score (nSPS) is 20.4. The van der Waals surface area contributed by atoms with Gasteiger partial charge >= 0.3 is 0 Å². The van der Waals surface area contributed by atoms with Crippen LogP contribution in [0, 0.1) is 0 Å². The number of nitrogens with one attached hydrogen (secondary N) is 1. The van der Waals surface area contributed by atoms with Gasteiger partial charge in [0.15, 0.2) is 0 Å². The molecule has 1 aliphatic rings. The summed E-state index contributed by atoms with van der Waals surface area (Å²) in [5, 5.41) is 3.57. The summed E-state index contributed by atoms with van der Waals surface area (Å²) >= 11 is 0. The van der Waals surface area contributed by atoms with E-state index in [1.165, 1.54) is 11.1 Å². The van der Waals surface area contributed by atoms with Crippen molar-refractivity contribution in [3.05, 3.63) is 48.4 Å². The van der Waals surface area contributed by atoms with E-state index in [0.29, 0.717) is 6.17 Å². The van der Waals surface area contributed by atoms with E-state index >= 15 is 0 Å². The van der Waals surface area contributed by atoms with Crippen LogP contribution in [0.3, 0.4) is 0 Å². The molecular weight excluding hydrogens is 224 g/mol. The molecule has 1 N–H and O–H groups in total. The molecule has 3 rings (SSSR count). The first-order valence-electron chi connectivity index (χ1n) is 6.49. The van der Waals surface area contributed by atoms with Gasteiger partial charge in [0.25, 0.3) is 0 Å². The van der Waals surface area contributed by atoms with Crippen LogP contribution in [-0.2, 0) is 0 Å².